The number of para-hydroxylation sites is 1. The van der Waals surface area contributed by atoms with Crippen molar-refractivity contribution >= 4 is 47.2 Å². The quantitative estimate of drug-likeness (QED) is 0.165. The van der Waals surface area contributed by atoms with E-state index in [4.69, 9.17) is 0 Å². The molecule has 1 heterocycles. The topological polar surface area (TPSA) is 132 Å². The number of aromatic hydroxyl groups is 1. The van der Waals surface area contributed by atoms with Crippen molar-refractivity contribution in [1.29, 1.82) is 0 Å². The fraction of sp³-hybridized carbons (Fsp3) is 0.200. The summed E-state index contributed by atoms with van der Waals surface area (Å²) in [5, 5.41) is 30.9. The minimum atomic E-state index is -1.82. The number of phenolic OH excluding ortho intramolecular Hbond substituents is 1. The molecule has 10 heteroatoms. The number of ketones is 2. The van der Waals surface area contributed by atoms with Crippen molar-refractivity contribution in [2.45, 2.75) is 24.2 Å². The van der Waals surface area contributed by atoms with Crippen LogP contribution in [0.3, 0.4) is 0 Å². The van der Waals surface area contributed by atoms with Gasteiger partial charge in [0.25, 0.3) is 0 Å². The largest absolute Gasteiger partial charge is 0.505 e. The van der Waals surface area contributed by atoms with Crippen LogP contribution in [0.5, 0.6) is 5.75 Å². The summed E-state index contributed by atoms with van der Waals surface area (Å²) in [4.78, 5) is 59.5. The zero-order chi connectivity index (χ0) is 34.9. The summed E-state index contributed by atoms with van der Waals surface area (Å²) in [5.41, 5.74) is 0.708. The number of imide groups is 1. The Hall–Kier alpha value is -5.45. The van der Waals surface area contributed by atoms with E-state index in [2.05, 4.69) is 0 Å². The molecule has 8 rings (SSSR count). The summed E-state index contributed by atoms with van der Waals surface area (Å²) in [6, 6.07) is 27.8. The summed E-state index contributed by atoms with van der Waals surface area (Å²) in [6.45, 7) is 0. The minimum absolute atomic E-state index is 0.0471. The number of carbonyl (C=O) groups is 4. The van der Waals surface area contributed by atoms with Crippen molar-refractivity contribution < 1.29 is 38.7 Å². The van der Waals surface area contributed by atoms with Gasteiger partial charge in [0.15, 0.2) is 23.1 Å². The number of Topliss-reactive ketones (excluding diaryl/α,β-unsaturated/α-hetero) is 1. The highest BCUT2D eigenvalue weighted by Gasteiger charge is 2.66. The average Bonchev–Trinajstić information content (AvgIpc) is 3.39. The van der Waals surface area contributed by atoms with Gasteiger partial charge in [0.2, 0.25) is 11.8 Å². The van der Waals surface area contributed by atoms with Gasteiger partial charge in [0.05, 0.1) is 22.9 Å². The van der Waals surface area contributed by atoms with Crippen molar-refractivity contribution in [1.82, 2.24) is 0 Å². The molecule has 0 aromatic heterocycles. The van der Waals surface area contributed by atoms with E-state index in [-0.39, 0.29) is 46.7 Å². The highest BCUT2D eigenvalue weighted by molar-refractivity contribution is 6.58. The molecule has 50 heavy (non-hydrogen) atoms. The Morgan fingerprint density at radius 1 is 0.800 bits per heavy atom. The van der Waals surface area contributed by atoms with Gasteiger partial charge in [0, 0.05) is 23.0 Å². The number of halogens is 1. The maximum Gasteiger partial charge on any atom is 0.488 e. The number of hydrogen-bond donors (Lipinski definition) is 3. The van der Waals surface area contributed by atoms with E-state index >= 15 is 9.18 Å². The molecular weight excluding hydrogens is 636 g/mol. The lowest BCUT2D eigenvalue weighted by Gasteiger charge is -2.55. The summed E-state index contributed by atoms with van der Waals surface area (Å²) in [5.74, 6) is -7.74. The number of fused-ring (bicyclic) bond motifs is 4. The van der Waals surface area contributed by atoms with Crippen LogP contribution in [0, 0.1) is 29.5 Å². The molecule has 3 N–H and O–H groups in total. The zero-order valence-electron chi connectivity index (χ0n) is 26.6. The van der Waals surface area contributed by atoms with Crippen LogP contribution in [0.1, 0.15) is 35.4 Å². The second kappa shape index (κ2) is 11.9. The molecule has 6 atom stereocenters. The lowest BCUT2D eigenvalue weighted by molar-refractivity contribution is -0.135. The van der Waals surface area contributed by atoms with Gasteiger partial charge in [-0.1, -0.05) is 96.6 Å². The van der Waals surface area contributed by atoms with Gasteiger partial charge in [0.1, 0.15) is 0 Å². The van der Waals surface area contributed by atoms with Crippen LogP contribution in [-0.4, -0.2) is 45.7 Å². The Morgan fingerprint density at radius 3 is 2.22 bits per heavy atom. The first kappa shape index (κ1) is 31.8. The molecule has 1 saturated carbocycles. The molecule has 8 nitrogen and oxygen atoms in total. The molecule has 1 saturated heterocycles. The molecule has 4 aliphatic rings. The number of hydrogen-bond acceptors (Lipinski definition) is 7. The summed E-state index contributed by atoms with van der Waals surface area (Å²) >= 11 is 0. The van der Waals surface area contributed by atoms with E-state index in [9.17, 15) is 29.5 Å². The van der Waals surface area contributed by atoms with Gasteiger partial charge in [-0.05, 0) is 59.6 Å². The van der Waals surface area contributed by atoms with Crippen LogP contribution < -0.4 is 10.4 Å². The van der Waals surface area contributed by atoms with E-state index in [1.807, 2.05) is 12.1 Å². The Kier molecular flexibility index (Phi) is 7.54. The van der Waals surface area contributed by atoms with Crippen LogP contribution in [0.25, 0.3) is 5.57 Å². The number of phenols is 1. The van der Waals surface area contributed by atoms with Gasteiger partial charge in [-0.3, -0.25) is 24.1 Å². The summed E-state index contributed by atoms with van der Waals surface area (Å²) < 4.78 is 15.2. The van der Waals surface area contributed by atoms with E-state index in [1.54, 1.807) is 66.7 Å². The summed E-state index contributed by atoms with van der Waals surface area (Å²) in [7, 11) is -1.82. The maximum absolute atomic E-state index is 15.2. The molecule has 6 unspecified atom stereocenters. The van der Waals surface area contributed by atoms with Gasteiger partial charge in [-0.2, -0.15) is 0 Å². The predicted molar refractivity (Wildman–Crippen MR) is 183 cm³/mol. The monoisotopic (exact) mass is 667 g/mol. The van der Waals surface area contributed by atoms with Crippen LogP contribution in [0.2, 0.25) is 0 Å². The third kappa shape index (κ3) is 4.52. The lowest BCUT2D eigenvalue weighted by Crippen LogP contribution is -2.58. The first-order chi connectivity index (χ1) is 24.1. The van der Waals surface area contributed by atoms with E-state index < -0.39 is 65.5 Å². The number of amides is 2. The van der Waals surface area contributed by atoms with E-state index in [1.165, 1.54) is 30.3 Å². The molecule has 2 fully saturated rings. The molecule has 4 aromatic rings. The Morgan fingerprint density at radius 2 is 1.50 bits per heavy atom. The van der Waals surface area contributed by atoms with Crippen molar-refractivity contribution in [3.05, 3.63) is 143 Å². The molecule has 2 amide bonds. The smallest absolute Gasteiger partial charge is 0.488 e. The van der Waals surface area contributed by atoms with Crippen molar-refractivity contribution in [2.75, 3.05) is 4.90 Å². The van der Waals surface area contributed by atoms with Crippen LogP contribution >= 0.6 is 0 Å². The van der Waals surface area contributed by atoms with Gasteiger partial charge >= 0.3 is 7.12 Å². The number of nitrogens with zero attached hydrogens (tertiary/aromatic N) is 1. The van der Waals surface area contributed by atoms with E-state index in [0.29, 0.717) is 16.7 Å². The predicted octanol–water partition coefficient (Wildman–Crippen LogP) is 4.24. The third-order valence-corrected chi connectivity index (χ3v) is 11.1. The SMILES string of the molecule is O=C1C(c2ccccc2)=CC(=O)C2(c3ccccc3)C1CC1C(=CCC3C(=O)N(c4cccc(B(O)O)c4)C(=O)C31)C2c1cccc(F)c1O. The molecule has 3 aliphatic carbocycles. The van der Waals surface area contributed by atoms with Gasteiger partial charge < -0.3 is 15.2 Å². The molecule has 1 aliphatic heterocycles. The first-order valence-corrected chi connectivity index (χ1v) is 16.6. The average molecular weight is 667 g/mol. The van der Waals surface area contributed by atoms with Crippen LogP contribution in [0.4, 0.5) is 10.1 Å². The number of carbonyl (C=O) groups excluding carboxylic acids is 4. The molecule has 0 spiro atoms. The first-order valence-electron chi connectivity index (χ1n) is 16.6. The molecule has 0 radical (unpaired) electrons. The van der Waals surface area contributed by atoms with Crippen molar-refractivity contribution in [3.63, 3.8) is 0 Å². The molecule has 0 bridgehead atoms. The molecular formula is C40H31BFNO7. The second-order valence-corrected chi connectivity index (χ2v) is 13.4. The van der Waals surface area contributed by atoms with Crippen molar-refractivity contribution in [2.24, 2.45) is 23.7 Å². The number of allylic oxidation sites excluding steroid dienone is 4. The molecule has 248 valence electrons. The van der Waals surface area contributed by atoms with Gasteiger partial charge in [-0.15, -0.1) is 0 Å². The fourth-order valence-electron chi connectivity index (χ4n) is 9.06. The van der Waals surface area contributed by atoms with Crippen LogP contribution in [-0.2, 0) is 24.6 Å². The standard InChI is InChI=1S/C40H31BFNO7/c42-32-16-8-15-28(37(32)46)35-26-17-18-27-34(39(48)43(38(27)47)25-14-7-13-24(19-25)41(49)50)30(26)20-31-36(45)29(22-9-3-1-4-10-22)21-33(44)40(31,35)23-11-5-2-6-12-23/h1-17,19,21,27,30-31,34-35,46,49-50H,18,20H2. The number of rotatable bonds is 5. The Labute approximate surface area is 287 Å². The maximum atomic E-state index is 15.2. The molecule has 4 aromatic carbocycles. The van der Waals surface area contributed by atoms with E-state index in [0.717, 1.165) is 11.0 Å². The third-order valence-electron chi connectivity index (χ3n) is 11.1. The Bertz CT molecular complexity index is 2150. The number of anilines is 1. The summed E-state index contributed by atoms with van der Waals surface area (Å²) in [6.07, 6.45) is 3.38. The lowest BCUT2D eigenvalue weighted by atomic mass is 9.44. The van der Waals surface area contributed by atoms with Crippen LogP contribution in [0.15, 0.2) is 121 Å². The number of benzene rings is 4. The van der Waals surface area contributed by atoms with Crippen molar-refractivity contribution in [3.8, 4) is 5.75 Å². The normalized spacial score (nSPS) is 27.3. The minimum Gasteiger partial charge on any atom is -0.505 e. The fourth-order valence-corrected chi connectivity index (χ4v) is 9.06. The highest BCUT2D eigenvalue weighted by Crippen LogP contribution is 2.64. The van der Waals surface area contributed by atoms with Gasteiger partial charge in [-0.25, -0.2) is 4.39 Å². The highest BCUT2D eigenvalue weighted by atomic mass is 19.1. The Balaban J connectivity index is 1.35. The second-order valence-electron chi connectivity index (χ2n) is 13.4. The zero-order valence-corrected chi connectivity index (χ0v) is 26.6.